The lowest BCUT2D eigenvalue weighted by atomic mass is 9.87. The molecule has 1 aliphatic rings. The lowest BCUT2D eigenvalue weighted by Gasteiger charge is -2.23. The first-order valence-corrected chi connectivity index (χ1v) is 10.7. The summed E-state index contributed by atoms with van der Waals surface area (Å²) < 4.78 is 55.8. The van der Waals surface area contributed by atoms with Crippen LogP contribution in [0.3, 0.4) is 0 Å². The number of fused-ring (bicyclic) bond motifs is 1. The van der Waals surface area contributed by atoms with Gasteiger partial charge in [-0.25, -0.2) is 0 Å². The van der Waals surface area contributed by atoms with Crippen molar-refractivity contribution in [1.29, 1.82) is 5.26 Å². The molecule has 0 saturated carbocycles. The van der Waals surface area contributed by atoms with E-state index in [0.717, 1.165) is 0 Å². The highest BCUT2D eigenvalue weighted by molar-refractivity contribution is 5.85. The largest absolute Gasteiger partial charge is 0.493 e. The van der Waals surface area contributed by atoms with Crippen LogP contribution in [0, 0.1) is 11.3 Å². The van der Waals surface area contributed by atoms with Crippen molar-refractivity contribution in [3.8, 4) is 23.4 Å². The maximum absolute atomic E-state index is 13.2. The third-order valence-corrected chi connectivity index (χ3v) is 5.16. The van der Waals surface area contributed by atoms with Gasteiger partial charge in [0.1, 0.15) is 24.4 Å². The van der Waals surface area contributed by atoms with Crippen LogP contribution in [-0.2, 0) is 11.0 Å². The van der Waals surface area contributed by atoms with Crippen LogP contribution >= 0.6 is 0 Å². The monoisotopic (exact) mass is 494 g/mol. The Morgan fingerprint density at radius 1 is 1.31 bits per heavy atom. The molecule has 1 aromatic heterocycles. The number of H-pyrrole nitrogens is 1. The molecule has 0 radical (unpaired) electrons. The maximum Gasteiger partial charge on any atom is 0.449 e. The first-order valence-electron chi connectivity index (χ1n) is 10.7. The summed E-state index contributed by atoms with van der Waals surface area (Å²) in [5, 5.41) is 15.7. The molecule has 3 rings (SSSR count). The van der Waals surface area contributed by atoms with E-state index in [2.05, 4.69) is 20.6 Å². The van der Waals surface area contributed by atoms with Gasteiger partial charge in [-0.15, -0.1) is 0 Å². The van der Waals surface area contributed by atoms with Gasteiger partial charge in [-0.3, -0.25) is 15.4 Å². The highest BCUT2D eigenvalue weighted by Crippen LogP contribution is 2.44. The van der Waals surface area contributed by atoms with Crippen LogP contribution in [0.15, 0.2) is 29.7 Å². The summed E-state index contributed by atoms with van der Waals surface area (Å²) in [6, 6.07) is 6.41. The number of nitrogens with two attached hydrogens (primary N) is 1. The molecule has 0 fully saturated rings. The molecular formula is C22H25F3N6O4. The van der Waals surface area contributed by atoms with Crippen LogP contribution in [0.4, 0.5) is 13.2 Å². The van der Waals surface area contributed by atoms with Crippen LogP contribution in [0.1, 0.15) is 36.8 Å². The highest BCUT2D eigenvalue weighted by Gasteiger charge is 2.41. The number of alkyl halides is 3. The Labute approximate surface area is 199 Å². The summed E-state index contributed by atoms with van der Waals surface area (Å²) in [4.78, 5) is 18.1. The number of ether oxygens (including phenoxy) is 3. The predicted octanol–water partition coefficient (Wildman–Crippen LogP) is 2.15. The summed E-state index contributed by atoms with van der Waals surface area (Å²) in [5.74, 6) is -2.81. The van der Waals surface area contributed by atoms with Crippen LogP contribution in [0.25, 0.3) is 0 Å². The number of nitriles is 1. The molecule has 2 aromatic rings. The molecule has 1 aliphatic heterocycles. The number of nitrogens with one attached hydrogen (secondary N) is 3. The molecule has 10 nitrogen and oxygen atoms in total. The number of allylic oxidation sites excluding steroid dienone is 1. The molecule has 1 aromatic carbocycles. The lowest BCUT2D eigenvalue weighted by molar-refractivity contribution is -0.144. The van der Waals surface area contributed by atoms with Crippen molar-refractivity contribution in [2.45, 2.75) is 32.1 Å². The fourth-order valence-corrected chi connectivity index (χ4v) is 3.60. The van der Waals surface area contributed by atoms with E-state index in [0.29, 0.717) is 18.7 Å². The Bertz CT molecular complexity index is 1150. The minimum atomic E-state index is -4.76. The molecule has 35 heavy (non-hydrogen) atoms. The minimum absolute atomic E-state index is 0.0758. The van der Waals surface area contributed by atoms with Crippen molar-refractivity contribution < 1.29 is 32.2 Å². The van der Waals surface area contributed by atoms with Gasteiger partial charge in [-0.1, -0.05) is 19.9 Å². The number of aromatic nitrogens is 2. The van der Waals surface area contributed by atoms with Gasteiger partial charge >= 0.3 is 6.18 Å². The number of Topliss-reactive ketones (excluding diaryl/α,β-unsaturated/α-hetero) is 1. The molecule has 0 saturated heterocycles. The number of methoxy groups -OCH3 is 1. The molecule has 5 N–H and O–H groups in total. The van der Waals surface area contributed by atoms with Crippen molar-refractivity contribution in [1.82, 2.24) is 20.6 Å². The Balaban J connectivity index is 1.92. The van der Waals surface area contributed by atoms with Gasteiger partial charge in [-0.2, -0.15) is 23.4 Å². The van der Waals surface area contributed by atoms with E-state index in [4.69, 9.17) is 19.9 Å². The summed E-state index contributed by atoms with van der Waals surface area (Å²) in [5.41, 5.74) is 6.01. The number of halogens is 3. The molecule has 0 bridgehead atoms. The van der Waals surface area contributed by atoms with E-state index in [9.17, 15) is 23.2 Å². The van der Waals surface area contributed by atoms with Crippen LogP contribution in [0.2, 0.25) is 0 Å². The number of imidazole rings is 1. The number of rotatable bonds is 10. The number of hydrogen-bond donors (Lipinski definition) is 4. The van der Waals surface area contributed by atoms with E-state index in [1.165, 1.54) is 25.3 Å². The summed E-state index contributed by atoms with van der Waals surface area (Å²) >= 11 is 0. The molecule has 0 amide bonds. The first-order chi connectivity index (χ1) is 16.6. The lowest BCUT2D eigenvalue weighted by Crippen LogP contribution is -2.49. The SMILES string of the molecule is CCNC(NCC)C(=O)COc1ccc(C2C(C#N)=C(N)Oc3nc(C(F)(F)F)[nH]c32)cc1OC. The van der Waals surface area contributed by atoms with Crippen molar-refractivity contribution in [2.75, 3.05) is 26.8 Å². The van der Waals surface area contributed by atoms with Crippen molar-refractivity contribution >= 4 is 5.78 Å². The molecular weight excluding hydrogens is 469 g/mol. The zero-order valence-electron chi connectivity index (χ0n) is 19.2. The van der Waals surface area contributed by atoms with Crippen molar-refractivity contribution in [3.05, 3.63) is 46.7 Å². The van der Waals surface area contributed by atoms with Crippen LogP contribution in [-0.4, -0.2) is 48.7 Å². The molecule has 1 atom stereocenters. The summed E-state index contributed by atoms with van der Waals surface area (Å²) in [7, 11) is 1.37. The zero-order chi connectivity index (χ0) is 25.8. The normalized spacial score (nSPS) is 15.4. The fraction of sp³-hybridized carbons (Fsp3) is 0.409. The third-order valence-electron chi connectivity index (χ3n) is 5.16. The van der Waals surface area contributed by atoms with Gasteiger partial charge in [0.15, 0.2) is 11.5 Å². The number of carbonyl (C=O) groups is 1. The second kappa shape index (κ2) is 10.7. The topological polar surface area (TPSA) is 147 Å². The van der Waals surface area contributed by atoms with E-state index in [-0.39, 0.29) is 46.9 Å². The first kappa shape index (κ1) is 25.9. The van der Waals surface area contributed by atoms with Crippen molar-refractivity contribution in [3.63, 3.8) is 0 Å². The Morgan fingerprint density at radius 3 is 2.57 bits per heavy atom. The molecule has 188 valence electrons. The average Bonchev–Trinajstić information content (AvgIpc) is 3.25. The molecule has 13 heteroatoms. The zero-order valence-corrected chi connectivity index (χ0v) is 19.2. The molecule has 0 aliphatic carbocycles. The second-order valence-corrected chi connectivity index (χ2v) is 7.44. The van der Waals surface area contributed by atoms with Gasteiger partial charge < -0.3 is 24.9 Å². The van der Waals surface area contributed by atoms with E-state index >= 15 is 0 Å². The Hall–Kier alpha value is -3.76. The van der Waals surface area contributed by atoms with E-state index in [1.54, 1.807) is 0 Å². The van der Waals surface area contributed by atoms with Crippen molar-refractivity contribution in [2.24, 2.45) is 5.73 Å². The summed E-state index contributed by atoms with van der Waals surface area (Å²) in [6.45, 7) is 4.64. The molecule has 0 spiro atoms. The standard InChI is InChI=1S/C22H25F3N6O4/c1-4-28-19(29-5-2)13(32)10-34-14-7-6-11(8-15(14)33-3)16-12(9-26)18(27)35-20-17(16)30-21(31-20)22(23,24)25/h6-8,16,19,28-29H,4-5,10,27H2,1-3H3,(H,30,31). The number of aromatic amines is 1. The maximum atomic E-state index is 13.2. The second-order valence-electron chi connectivity index (χ2n) is 7.44. The number of carbonyl (C=O) groups excluding carboxylic acids is 1. The van der Waals surface area contributed by atoms with Crippen LogP contribution in [0.5, 0.6) is 17.4 Å². The summed E-state index contributed by atoms with van der Waals surface area (Å²) in [6.07, 6.45) is -5.34. The number of ketones is 1. The van der Waals surface area contributed by atoms with Gasteiger partial charge in [0.05, 0.1) is 18.7 Å². The number of benzene rings is 1. The predicted molar refractivity (Wildman–Crippen MR) is 118 cm³/mol. The van der Waals surface area contributed by atoms with Crippen LogP contribution < -0.4 is 30.6 Å². The quantitative estimate of drug-likeness (QED) is 0.365. The van der Waals surface area contributed by atoms with Gasteiger partial charge in [-0.05, 0) is 30.8 Å². The highest BCUT2D eigenvalue weighted by atomic mass is 19.4. The van der Waals surface area contributed by atoms with Gasteiger partial charge in [0.2, 0.25) is 23.4 Å². The third kappa shape index (κ3) is 5.50. The number of nitrogens with zero attached hydrogens (tertiary/aromatic N) is 2. The van der Waals surface area contributed by atoms with E-state index in [1.807, 2.05) is 19.9 Å². The van der Waals surface area contributed by atoms with Gasteiger partial charge in [0.25, 0.3) is 0 Å². The Morgan fingerprint density at radius 2 is 2.00 bits per heavy atom. The fourth-order valence-electron chi connectivity index (χ4n) is 3.60. The number of hydrogen-bond acceptors (Lipinski definition) is 9. The number of likely N-dealkylation sites (N-methyl/N-ethyl adjacent to an activating group) is 2. The minimum Gasteiger partial charge on any atom is -0.493 e. The smallest absolute Gasteiger partial charge is 0.449 e. The Kier molecular flexibility index (Phi) is 7.88. The molecule has 1 unspecified atom stereocenters. The molecule has 2 heterocycles. The van der Waals surface area contributed by atoms with Gasteiger partial charge in [0, 0.05) is 0 Å². The average molecular weight is 494 g/mol. The van der Waals surface area contributed by atoms with E-state index < -0.39 is 24.1 Å².